The molecule has 0 aromatic heterocycles. The van der Waals surface area contributed by atoms with Crippen LogP contribution in [0, 0.1) is 20.8 Å². The first-order chi connectivity index (χ1) is 10.4. The lowest BCUT2D eigenvalue weighted by Gasteiger charge is -2.20. The summed E-state index contributed by atoms with van der Waals surface area (Å²) in [6.45, 7) is 7.83. The van der Waals surface area contributed by atoms with Gasteiger partial charge in [0.05, 0.1) is 6.61 Å². The molecule has 2 aromatic rings. The summed E-state index contributed by atoms with van der Waals surface area (Å²) in [7, 11) is -3.61. The quantitative estimate of drug-likeness (QED) is 0.768. The Kier molecular flexibility index (Phi) is 5.00. The normalized spacial score (nSPS) is 13.6. The van der Waals surface area contributed by atoms with Crippen LogP contribution in [0.3, 0.4) is 0 Å². The Bertz CT molecular complexity index is 735. The van der Waals surface area contributed by atoms with Crippen LogP contribution in [-0.2, 0) is 9.09 Å². The lowest BCUT2D eigenvalue weighted by molar-refractivity contribution is 0.105. The van der Waals surface area contributed by atoms with Gasteiger partial charge in [0.2, 0.25) is 0 Å². The molecule has 1 atom stereocenters. The van der Waals surface area contributed by atoms with Crippen molar-refractivity contribution in [2.75, 3.05) is 6.61 Å². The van der Waals surface area contributed by atoms with E-state index in [0.717, 1.165) is 16.7 Å². The minimum atomic E-state index is -3.61. The van der Waals surface area contributed by atoms with Crippen LogP contribution in [0.2, 0.25) is 0 Å². The third-order valence-corrected chi connectivity index (χ3v) is 6.48. The van der Waals surface area contributed by atoms with E-state index in [4.69, 9.17) is 4.52 Å². The first-order valence-corrected chi connectivity index (χ1v) is 8.96. The molecule has 2 rings (SSSR count). The molecule has 0 aliphatic heterocycles. The first-order valence-electron chi connectivity index (χ1n) is 7.33. The second-order valence-corrected chi connectivity index (χ2v) is 7.54. The van der Waals surface area contributed by atoms with Crippen molar-refractivity contribution in [3.05, 3.63) is 64.7 Å². The molecular formula is C18H21O3P. The maximum absolute atomic E-state index is 13.4. The molecule has 0 saturated heterocycles. The van der Waals surface area contributed by atoms with E-state index in [0.29, 0.717) is 10.9 Å². The van der Waals surface area contributed by atoms with Gasteiger partial charge in [-0.2, -0.15) is 0 Å². The number of aryl methyl sites for hydroxylation is 1. The molecule has 1 unspecified atom stereocenters. The Morgan fingerprint density at radius 1 is 1.00 bits per heavy atom. The van der Waals surface area contributed by atoms with Crippen molar-refractivity contribution >= 4 is 18.2 Å². The maximum atomic E-state index is 13.4. The zero-order valence-corrected chi connectivity index (χ0v) is 14.3. The van der Waals surface area contributed by atoms with Gasteiger partial charge in [-0.05, 0) is 50.5 Å². The van der Waals surface area contributed by atoms with E-state index in [-0.39, 0.29) is 6.61 Å². The van der Waals surface area contributed by atoms with E-state index in [2.05, 4.69) is 0 Å². The van der Waals surface area contributed by atoms with Crippen LogP contribution in [0.5, 0.6) is 0 Å². The van der Waals surface area contributed by atoms with Crippen LogP contribution < -0.4 is 5.30 Å². The number of hydrogen-bond donors (Lipinski definition) is 0. The van der Waals surface area contributed by atoms with Crippen molar-refractivity contribution in [3.8, 4) is 0 Å². The Hall–Kier alpha value is -1.70. The van der Waals surface area contributed by atoms with Crippen molar-refractivity contribution in [1.82, 2.24) is 0 Å². The van der Waals surface area contributed by atoms with Crippen LogP contribution in [0.15, 0.2) is 42.5 Å². The third-order valence-electron chi connectivity index (χ3n) is 3.95. The molecule has 0 aliphatic rings. The van der Waals surface area contributed by atoms with Gasteiger partial charge in [-0.15, -0.1) is 0 Å². The molecule has 2 aromatic carbocycles. The first kappa shape index (κ1) is 16.7. The minimum absolute atomic E-state index is 0.224. The molecule has 0 heterocycles. The topological polar surface area (TPSA) is 43.4 Å². The van der Waals surface area contributed by atoms with Crippen molar-refractivity contribution in [2.24, 2.45) is 0 Å². The highest BCUT2D eigenvalue weighted by molar-refractivity contribution is 7.83. The Labute approximate surface area is 131 Å². The van der Waals surface area contributed by atoms with Gasteiger partial charge in [0.15, 0.2) is 0 Å². The van der Waals surface area contributed by atoms with E-state index in [1.54, 1.807) is 37.3 Å². The van der Waals surface area contributed by atoms with Crippen molar-refractivity contribution < 1.29 is 13.9 Å². The molecule has 0 spiro atoms. The van der Waals surface area contributed by atoms with Crippen molar-refractivity contribution in [3.63, 3.8) is 0 Å². The number of rotatable bonds is 5. The summed E-state index contributed by atoms with van der Waals surface area (Å²) in [5.74, 6) is 0. The van der Waals surface area contributed by atoms with Crippen LogP contribution in [-0.4, -0.2) is 12.1 Å². The molecule has 22 heavy (non-hydrogen) atoms. The van der Waals surface area contributed by atoms with E-state index in [9.17, 15) is 9.36 Å². The van der Waals surface area contributed by atoms with Gasteiger partial charge in [0.25, 0.3) is 5.52 Å². The van der Waals surface area contributed by atoms with Crippen LogP contribution in [0.25, 0.3) is 0 Å². The zero-order valence-electron chi connectivity index (χ0n) is 13.4. The number of carbonyl (C=O) groups is 1. The summed E-state index contributed by atoms with van der Waals surface area (Å²) in [5.41, 5.74) is 2.98. The lowest BCUT2D eigenvalue weighted by Crippen LogP contribution is -2.19. The number of hydrogen-bond acceptors (Lipinski definition) is 3. The lowest BCUT2D eigenvalue weighted by atomic mass is 10.1. The van der Waals surface area contributed by atoms with Crippen molar-refractivity contribution in [2.45, 2.75) is 27.7 Å². The maximum Gasteiger partial charge on any atom is 0.301 e. The Morgan fingerprint density at radius 3 is 2.23 bits per heavy atom. The fraction of sp³-hybridized carbons (Fsp3) is 0.278. The third kappa shape index (κ3) is 2.92. The molecule has 116 valence electrons. The molecule has 0 aliphatic carbocycles. The summed E-state index contributed by atoms with van der Waals surface area (Å²) in [4.78, 5) is 12.8. The van der Waals surface area contributed by atoms with Gasteiger partial charge in [-0.3, -0.25) is 9.36 Å². The molecule has 0 fully saturated rings. The summed E-state index contributed by atoms with van der Waals surface area (Å²) in [6, 6.07) is 12.3. The highest BCUT2D eigenvalue weighted by Crippen LogP contribution is 2.50. The minimum Gasteiger partial charge on any atom is -0.320 e. The number of benzene rings is 2. The average molecular weight is 316 g/mol. The summed E-state index contributed by atoms with van der Waals surface area (Å²) >= 11 is 0. The largest absolute Gasteiger partial charge is 0.320 e. The van der Waals surface area contributed by atoms with Crippen molar-refractivity contribution in [1.29, 1.82) is 0 Å². The Balaban J connectivity index is 2.61. The predicted octanol–water partition coefficient (Wildman–Crippen LogP) is 4.39. The van der Waals surface area contributed by atoms with Crippen LogP contribution in [0.4, 0.5) is 0 Å². The summed E-state index contributed by atoms with van der Waals surface area (Å²) < 4.78 is 18.9. The summed E-state index contributed by atoms with van der Waals surface area (Å²) in [6.07, 6.45) is 0. The van der Waals surface area contributed by atoms with Crippen LogP contribution in [0.1, 0.15) is 34.0 Å². The van der Waals surface area contributed by atoms with Crippen LogP contribution >= 0.6 is 7.37 Å². The fourth-order valence-electron chi connectivity index (χ4n) is 2.43. The molecule has 0 bridgehead atoms. The number of carbonyl (C=O) groups excluding carboxylic acids is 1. The molecule has 0 amide bonds. The second-order valence-electron chi connectivity index (χ2n) is 5.29. The SMILES string of the molecule is CCOP(=O)(C(=O)c1ccccc1)c1ccc(C)c(C)c1C. The van der Waals surface area contributed by atoms with Gasteiger partial charge in [-0.1, -0.05) is 36.4 Å². The van der Waals surface area contributed by atoms with Gasteiger partial charge < -0.3 is 4.52 Å². The highest BCUT2D eigenvalue weighted by Gasteiger charge is 2.37. The summed E-state index contributed by atoms with van der Waals surface area (Å²) in [5, 5.41) is 0.506. The van der Waals surface area contributed by atoms with E-state index in [1.807, 2.05) is 32.9 Å². The van der Waals surface area contributed by atoms with Gasteiger partial charge in [0.1, 0.15) is 0 Å². The van der Waals surface area contributed by atoms with Gasteiger partial charge in [0, 0.05) is 10.9 Å². The van der Waals surface area contributed by atoms with E-state index in [1.165, 1.54) is 0 Å². The molecule has 0 N–H and O–H groups in total. The smallest absolute Gasteiger partial charge is 0.301 e. The Morgan fingerprint density at radius 2 is 1.64 bits per heavy atom. The molecule has 0 saturated carbocycles. The monoisotopic (exact) mass is 316 g/mol. The van der Waals surface area contributed by atoms with Gasteiger partial charge >= 0.3 is 7.37 Å². The molecule has 3 nitrogen and oxygen atoms in total. The highest BCUT2D eigenvalue weighted by atomic mass is 31.2. The predicted molar refractivity (Wildman–Crippen MR) is 90.3 cm³/mol. The zero-order chi connectivity index (χ0) is 16.3. The fourth-order valence-corrected chi connectivity index (χ4v) is 4.64. The second kappa shape index (κ2) is 6.60. The standard InChI is InChI=1S/C18H21O3P/c1-5-21-22(20,18(19)16-9-7-6-8-10-16)17-12-11-13(2)14(3)15(17)4/h6-12H,5H2,1-4H3. The van der Waals surface area contributed by atoms with E-state index < -0.39 is 12.9 Å². The van der Waals surface area contributed by atoms with E-state index >= 15 is 0 Å². The molecular weight excluding hydrogens is 295 g/mol. The van der Waals surface area contributed by atoms with Gasteiger partial charge in [-0.25, -0.2) is 0 Å². The molecule has 4 heteroatoms. The average Bonchev–Trinajstić information content (AvgIpc) is 2.53. The molecule has 0 radical (unpaired) electrons.